The van der Waals surface area contributed by atoms with Gasteiger partial charge in [0.1, 0.15) is 0 Å². The monoisotopic (exact) mass is 204 g/mol. The molecule has 1 aromatic carbocycles. The van der Waals surface area contributed by atoms with Crippen molar-refractivity contribution in [2.45, 2.75) is 52.9 Å². The molecule has 2 unspecified atom stereocenters. The van der Waals surface area contributed by atoms with Gasteiger partial charge in [0, 0.05) is 0 Å². The standard InChI is InChI=1S/C12H16.C3H8/c1-9-7-8-11-5-3-4-6-12(11)10(9)2;1-3-2/h3-6,9-10H,7-8H2,1-2H3;3H2,1-2H3. The number of benzene rings is 1. The van der Waals surface area contributed by atoms with Gasteiger partial charge in [-0.3, -0.25) is 0 Å². The van der Waals surface area contributed by atoms with Gasteiger partial charge >= 0.3 is 0 Å². The zero-order valence-corrected chi connectivity index (χ0v) is 10.6. The van der Waals surface area contributed by atoms with E-state index in [-0.39, 0.29) is 0 Å². The van der Waals surface area contributed by atoms with E-state index in [0.717, 1.165) is 11.8 Å². The van der Waals surface area contributed by atoms with E-state index in [1.54, 1.807) is 11.1 Å². The van der Waals surface area contributed by atoms with Gasteiger partial charge in [0.2, 0.25) is 0 Å². The van der Waals surface area contributed by atoms with Crippen LogP contribution in [0.1, 0.15) is 57.6 Å². The summed E-state index contributed by atoms with van der Waals surface area (Å²) in [4.78, 5) is 0. The first-order chi connectivity index (χ1) is 7.20. The molecule has 0 aromatic heterocycles. The molecule has 0 radical (unpaired) electrons. The van der Waals surface area contributed by atoms with E-state index in [9.17, 15) is 0 Å². The molecule has 15 heavy (non-hydrogen) atoms. The van der Waals surface area contributed by atoms with Crippen molar-refractivity contribution in [3.05, 3.63) is 35.4 Å². The molecule has 0 saturated heterocycles. The van der Waals surface area contributed by atoms with Crippen molar-refractivity contribution < 1.29 is 0 Å². The normalized spacial score (nSPS) is 23.7. The molecule has 0 fully saturated rings. The van der Waals surface area contributed by atoms with Gasteiger partial charge in [-0.05, 0) is 35.8 Å². The minimum atomic E-state index is 0.759. The lowest BCUT2D eigenvalue weighted by molar-refractivity contribution is 0.426. The van der Waals surface area contributed by atoms with Crippen LogP contribution in [0.5, 0.6) is 0 Å². The first-order valence-electron chi connectivity index (χ1n) is 6.28. The predicted molar refractivity (Wildman–Crippen MR) is 68.3 cm³/mol. The van der Waals surface area contributed by atoms with E-state index in [1.165, 1.54) is 19.3 Å². The lowest BCUT2D eigenvalue weighted by Gasteiger charge is -2.28. The zero-order chi connectivity index (χ0) is 11.3. The van der Waals surface area contributed by atoms with Crippen molar-refractivity contribution in [2.24, 2.45) is 5.92 Å². The molecule has 0 nitrogen and oxygen atoms in total. The van der Waals surface area contributed by atoms with Crippen molar-refractivity contribution in [1.82, 2.24) is 0 Å². The Morgan fingerprint density at radius 3 is 2.40 bits per heavy atom. The van der Waals surface area contributed by atoms with Gasteiger partial charge in [-0.2, -0.15) is 0 Å². The van der Waals surface area contributed by atoms with Crippen LogP contribution in [0.2, 0.25) is 0 Å². The fraction of sp³-hybridized carbons (Fsp3) is 0.600. The molecule has 0 saturated carbocycles. The first kappa shape index (κ1) is 12.3. The number of rotatable bonds is 0. The molecule has 1 aliphatic rings. The van der Waals surface area contributed by atoms with Gasteiger partial charge in [0.15, 0.2) is 0 Å². The minimum absolute atomic E-state index is 0.759. The Hall–Kier alpha value is -0.780. The molecule has 0 heterocycles. The van der Waals surface area contributed by atoms with Gasteiger partial charge in [-0.25, -0.2) is 0 Å². The Kier molecular flexibility index (Phi) is 4.87. The Morgan fingerprint density at radius 2 is 1.73 bits per heavy atom. The van der Waals surface area contributed by atoms with Crippen LogP contribution in [-0.2, 0) is 6.42 Å². The SMILES string of the molecule is CC1CCc2ccccc2C1C.CCC. The summed E-state index contributed by atoms with van der Waals surface area (Å²) in [5, 5.41) is 0. The highest BCUT2D eigenvalue weighted by molar-refractivity contribution is 5.32. The van der Waals surface area contributed by atoms with Gasteiger partial charge < -0.3 is 0 Å². The summed E-state index contributed by atoms with van der Waals surface area (Å²) in [6.07, 6.45) is 3.89. The van der Waals surface area contributed by atoms with Crippen LogP contribution < -0.4 is 0 Å². The number of hydrogen-bond donors (Lipinski definition) is 0. The summed E-state index contributed by atoms with van der Waals surface area (Å²) >= 11 is 0. The molecule has 0 bridgehead atoms. The highest BCUT2D eigenvalue weighted by Crippen LogP contribution is 2.34. The van der Waals surface area contributed by atoms with Crippen LogP contribution in [0.15, 0.2) is 24.3 Å². The predicted octanol–water partition coefficient (Wildman–Crippen LogP) is 4.79. The second-order valence-corrected chi connectivity index (χ2v) is 4.71. The third-order valence-corrected chi connectivity index (χ3v) is 3.27. The molecule has 84 valence electrons. The van der Waals surface area contributed by atoms with E-state index in [1.807, 2.05) is 0 Å². The second kappa shape index (κ2) is 5.95. The van der Waals surface area contributed by atoms with Crippen LogP contribution in [0.3, 0.4) is 0 Å². The van der Waals surface area contributed by atoms with Crippen molar-refractivity contribution in [1.29, 1.82) is 0 Å². The average molecular weight is 204 g/mol. The van der Waals surface area contributed by atoms with E-state index >= 15 is 0 Å². The van der Waals surface area contributed by atoms with Crippen LogP contribution in [0.4, 0.5) is 0 Å². The maximum absolute atomic E-state index is 2.36. The summed E-state index contributed by atoms with van der Waals surface area (Å²) in [6, 6.07) is 8.88. The van der Waals surface area contributed by atoms with Gasteiger partial charge in [-0.15, -0.1) is 0 Å². The van der Waals surface area contributed by atoms with Crippen LogP contribution in [-0.4, -0.2) is 0 Å². The second-order valence-electron chi connectivity index (χ2n) is 4.71. The van der Waals surface area contributed by atoms with Crippen molar-refractivity contribution in [3.8, 4) is 0 Å². The number of aryl methyl sites for hydroxylation is 1. The van der Waals surface area contributed by atoms with E-state index < -0.39 is 0 Å². The fourth-order valence-electron chi connectivity index (χ4n) is 2.15. The van der Waals surface area contributed by atoms with Crippen LogP contribution in [0, 0.1) is 5.92 Å². The van der Waals surface area contributed by atoms with Gasteiger partial charge in [0.05, 0.1) is 0 Å². The Labute approximate surface area is 94.7 Å². The maximum Gasteiger partial charge on any atom is -0.0162 e. The Morgan fingerprint density at radius 1 is 1.13 bits per heavy atom. The topological polar surface area (TPSA) is 0 Å². The quantitative estimate of drug-likeness (QED) is 0.570. The van der Waals surface area contributed by atoms with Gasteiger partial charge in [-0.1, -0.05) is 58.4 Å². The van der Waals surface area contributed by atoms with Crippen molar-refractivity contribution >= 4 is 0 Å². The van der Waals surface area contributed by atoms with Crippen LogP contribution >= 0.6 is 0 Å². The Balaban J connectivity index is 0.000000337. The largest absolute Gasteiger partial charge is 0.0656 e. The summed E-state index contributed by atoms with van der Waals surface area (Å²) < 4.78 is 0. The summed E-state index contributed by atoms with van der Waals surface area (Å²) in [5.74, 6) is 1.62. The van der Waals surface area contributed by atoms with Crippen LogP contribution in [0.25, 0.3) is 0 Å². The molecule has 0 N–H and O–H groups in total. The van der Waals surface area contributed by atoms with Crippen molar-refractivity contribution in [3.63, 3.8) is 0 Å². The maximum atomic E-state index is 2.36. The molecule has 1 aromatic rings. The van der Waals surface area contributed by atoms with E-state index in [2.05, 4.69) is 52.0 Å². The highest BCUT2D eigenvalue weighted by atomic mass is 14.3. The summed E-state index contributed by atoms with van der Waals surface area (Å²) in [6.45, 7) is 8.96. The zero-order valence-electron chi connectivity index (χ0n) is 10.6. The first-order valence-corrected chi connectivity index (χ1v) is 6.28. The molecule has 0 spiro atoms. The smallest absolute Gasteiger partial charge is 0.0162 e. The Bertz CT molecular complexity index is 288. The molecule has 1 aliphatic carbocycles. The molecule has 0 amide bonds. The highest BCUT2D eigenvalue weighted by Gasteiger charge is 2.21. The third kappa shape index (κ3) is 3.09. The number of hydrogen-bond acceptors (Lipinski definition) is 0. The lowest BCUT2D eigenvalue weighted by Crippen LogP contribution is -2.15. The minimum Gasteiger partial charge on any atom is -0.0656 e. The summed E-state index contributed by atoms with van der Waals surface area (Å²) in [7, 11) is 0. The molecular weight excluding hydrogens is 180 g/mol. The molecule has 0 aliphatic heterocycles. The number of fused-ring (bicyclic) bond motifs is 1. The summed E-state index contributed by atoms with van der Waals surface area (Å²) in [5.41, 5.74) is 3.15. The molecule has 2 rings (SSSR count). The molecular formula is C15H24. The van der Waals surface area contributed by atoms with Crippen molar-refractivity contribution in [2.75, 3.05) is 0 Å². The van der Waals surface area contributed by atoms with Gasteiger partial charge in [0.25, 0.3) is 0 Å². The van der Waals surface area contributed by atoms with E-state index in [4.69, 9.17) is 0 Å². The average Bonchev–Trinajstić information content (AvgIpc) is 2.25. The molecule has 2 atom stereocenters. The third-order valence-electron chi connectivity index (χ3n) is 3.27. The fourth-order valence-corrected chi connectivity index (χ4v) is 2.15. The lowest BCUT2D eigenvalue weighted by atomic mass is 9.77. The van der Waals surface area contributed by atoms with E-state index in [0.29, 0.717) is 0 Å². The molecule has 0 heteroatoms.